The second-order valence-corrected chi connectivity index (χ2v) is 9.02. The quantitative estimate of drug-likeness (QED) is 0.570. The molecule has 3 rings (SSSR count). The molecule has 3 N–H and O–H groups in total. The van der Waals surface area contributed by atoms with Crippen LogP contribution in [-0.4, -0.2) is 67.5 Å². The molecule has 0 spiro atoms. The summed E-state index contributed by atoms with van der Waals surface area (Å²) in [5.41, 5.74) is 0.566. The number of hydrogen-bond donors (Lipinski definition) is 3. The second kappa shape index (κ2) is 9.37. The molecule has 1 amide bonds. The van der Waals surface area contributed by atoms with Gasteiger partial charge in [0.15, 0.2) is 17.0 Å². The number of carboxylic acids is 2. The van der Waals surface area contributed by atoms with Gasteiger partial charge in [-0.05, 0) is 18.3 Å². The summed E-state index contributed by atoms with van der Waals surface area (Å²) in [4.78, 5) is 49.8. The number of aliphatic carboxylic acids is 2. The number of rotatable bonds is 7. The van der Waals surface area contributed by atoms with E-state index in [-0.39, 0.29) is 17.9 Å². The Bertz CT molecular complexity index is 992. The number of piperidine rings is 1. The van der Waals surface area contributed by atoms with E-state index < -0.39 is 30.6 Å². The SMILES string of the molecule is CC(C)(C)COC(=O)NC(CC(=O)O)n1cnc2c(N3CCC(C(=O)O)CC3)ncnc21. The molecule has 2 aromatic heterocycles. The van der Waals surface area contributed by atoms with Gasteiger partial charge in [0.25, 0.3) is 0 Å². The van der Waals surface area contributed by atoms with E-state index in [1.165, 1.54) is 17.2 Å². The molecule has 1 unspecified atom stereocenters. The lowest BCUT2D eigenvalue weighted by Gasteiger charge is -2.30. The van der Waals surface area contributed by atoms with Crippen LogP contribution < -0.4 is 10.2 Å². The van der Waals surface area contributed by atoms with Gasteiger partial charge < -0.3 is 25.2 Å². The van der Waals surface area contributed by atoms with Gasteiger partial charge in [-0.3, -0.25) is 14.2 Å². The maximum Gasteiger partial charge on any atom is 0.408 e. The van der Waals surface area contributed by atoms with Crippen molar-refractivity contribution in [3.05, 3.63) is 12.7 Å². The van der Waals surface area contributed by atoms with Crippen LogP contribution in [0.4, 0.5) is 10.6 Å². The number of carboxylic acid groups (broad SMARTS) is 2. The first-order valence-electron chi connectivity index (χ1n) is 10.4. The van der Waals surface area contributed by atoms with Crippen LogP contribution >= 0.6 is 0 Å². The first-order valence-corrected chi connectivity index (χ1v) is 10.4. The summed E-state index contributed by atoms with van der Waals surface area (Å²) < 4.78 is 6.68. The Hall–Kier alpha value is -3.44. The van der Waals surface area contributed by atoms with Crippen LogP contribution in [0.3, 0.4) is 0 Å². The van der Waals surface area contributed by atoms with Crippen LogP contribution in [0.1, 0.15) is 46.2 Å². The molecule has 1 fully saturated rings. The van der Waals surface area contributed by atoms with Crippen LogP contribution in [0.5, 0.6) is 0 Å². The van der Waals surface area contributed by atoms with Crippen molar-refractivity contribution < 1.29 is 29.3 Å². The summed E-state index contributed by atoms with van der Waals surface area (Å²) in [5, 5.41) is 21.1. The van der Waals surface area contributed by atoms with Gasteiger partial charge in [-0.2, -0.15) is 0 Å². The summed E-state index contributed by atoms with van der Waals surface area (Å²) in [6.45, 7) is 6.92. The number of nitrogens with one attached hydrogen (secondary N) is 1. The average molecular weight is 448 g/mol. The molecule has 0 bridgehead atoms. The number of hydrogen-bond acceptors (Lipinski definition) is 8. The third-order valence-electron chi connectivity index (χ3n) is 5.11. The topological polar surface area (TPSA) is 160 Å². The number of alkyl carbamates (subject to hydrolysis) is 1. The number of ether oxygens (including phenoxy) is 1. The van der Waals surface area contributed by atoms with E-state index in [0.29, 0.717) is 42.9 Å². The lowest BCUT2D eigenvalue weighted by atomic mass is 9.97. The number of aromatic nitrogens is 4. The standard InChI is InChI=1S/C20H28N6O6/c1-20(2,3)9-32-19(31)24-13(8-14(27)28)26-11-23-15-16(21-10-22-17(15)26)25-6-4-12(5-7-25)18(29)30/h10-13H,4-9H2,1-3H3,(H,24,31)(H,27,28)(H,29,30). The minimum absolute atomic E-state index is 0.169. The fourth-order valence-corrected chi connectivity index (χ4v) is 3.48. The van der Waals surface area contributed by atoms with Crippen molar-refractivity contribution in [1.29, 1.82) is 0 Å². The molecular weight excluding hydrogens is 420 g/mol. The lowest BCUT2D eigenvalue weighted by molar-refractivity contribution is -0.142. The molecule has 12 heteroatoms. The first kappa shape index (κ1) is 23.2. The van der Waals surface area contributed by atoms with Gasteiger partial charge >= 0.3 is 18.0 Å². The molecule has 174 valence electrons. The summed E-state index contributed by atoms with van der Waals surface area (Å²) in [5.74, 6) is -1.76. The highest BCUT2D eigenvalue weighted by molar-refractivity contribution is 5.84. The highest BCUT2D eigenvalue weighted by Crippen LogP contribution is 2.28. The fraction of sp³-hybridized carbons (Fsp3) is 0.600. The predicted octanol–water partition coefficient (Wildman–Crippen LogP) is 1.87. The van der Waals surface area contributed by atoms with Crippen molar-refractivity contribution in [2.45, 2.75) is 46.2 Å². The molecule has 1 aliphatic rings. The Morgan fingerprint density at radius 1 is 1.19 bits per heavy atom. The normalized spacial score (nSPS) is 16.0. The molecule has 0 radical (unpaired) electrons. The smallest absolute Gasteiger partial charge is 0.408 e. The van der Waals surface area contributed by atoms with Gasteiger partial charge in [0.2, 0.25) is 0 Å². The number of nitrogens with zero attached hydrogens (tertiary/aromatic N) is 5. The highest BCUT2D eigenvalue weighted by atomic mass is 16.5. The summed E-state index contributed by atoms with van der Waals surface area (Å²) >= 11 is 0. The molecule has 2 aromatic rings. The van der Waals surface area contributed by atoms with E-state index in [1.807, 2.05) is 25.7 Å². The Morgan fingerprint density at radius 2 is 1.88 bits per heavy atom. The molecule has 1 atom stereocenters. The van der Waals surface area contributed by atoms with Crippen LogP contribution in [0.15, 0.2) is 12.7 Å². The van der Waals surface area contributed by atoms with Gasteiger partial charge in [-0.25, -0.2) is 19.7 Å². The molecule has 0 aliphatic carbocycles. The summed E-state index contributed by atoms with van der Waals surface area (Å²) in [6.07, 6.45) is 1.62. The third-order valence-corrected chi connectivity index (χ3v) is 5.11. The first-order chi connectivity index (χ1) is 15.0. The average Bonchev–Trinajstić information content (AvgIpc) is 3.15. The second-order valence-electron chi connectivity index (χ2n) is 9.02. The Kier molecular flexibility index (Phi) is 6.80. The van der Waals surface area contributed by atoms with Crippen molar-refractivity contribution in [1.82, 2.24) is 24.8 Å². The zero-order chi connectivity index (χ0) is 23.5. The van der Waals surface area contributed by atoms with Crippen molar-refractivity contribution >= 4 is 35.0 Å². The Balaban J connectivity index is 1.83. The molecule has 1 saturated heterocycles. The summed E-state index contributed by atoms with van der Waals surface area (Å²) in [7, 11) is 0. The number of amides is 1. The number of imidazole rings is 1. The highest BCUT2D eigenvalue weighted by Gasteiger charge is 2.28. The van der Waals surface area contributed by atoms with Crippen LogP contribution in [0.25, 0.3) is 11.2 Å². The molecule has 0 saturated carbocycles. The van der Waals surface area contributed by atoms with Crippen molar-refractivity contribution in [2.75, 3.05) is 24.6 Å². The largest absolute Gasteiger partial charge is 0.481 e. The number of carbonyl (C=O) groups excluding carboxylic acids is 1. The van der Waals surface area contributed by atoms with Crippen LogP contribution in [0.2, 0.25) is 0 Å². The lowest BCUT2D eigenvalue weighted by Crippen LogP contribution is -2.37. The molecular formula is C20H28N6O6. The van der Waals surface area contributed by atoms with Crippen molar-refractivity contribution in [3.8, 4) is 0 Å². The molecule has 1 aliphatic heterocycles. The number of carbonyl (C=O) groups is 3. The summed E-state index contributed by atoms with van der Waals surface area (Å²) in [6, 6.07) is 0. The van der Waals surface area contributed by atoms with Crippen LogP contribution in [0, 0.1) is 11.3 Å². The molecule has 3 heterocycles. The predicted molar refractivity (Wildman–Crippen MR) is 113 cm³/mol. The van der Waals surface area contributed by atoms with Gasteiger partial charge in [0, 0.05) is 13.1 Å². The van der Waals surface area contributed by atoms with E-state index in [1.54, 1.807) is 0 Å². The molecule has 0 aromatic carbocycles. The van der Waals surface area contributed by atoms with Crippen LogP contribution in [-0.2, 0) is 14.3 Å². The zero-order valence-electron chi connectivity index (χ0n) is 18.3. The van der Waals surface area contributed by atoms with Crippen molar-refractivity contribution in [3.63, 3.8) is 0 Å². The van der Waals surface area contributed by atoms with E-state index in [2.05, 4.69) is 20.3 Å². The van der Waals surface area contributed by atoms with Crippen molar-refractivity contribution in [2.24, 2.45) is 11.3 Å². The number of fused-ring (bicyclic) bond motifs is 1. The van der Waals surface area contributed by atoms with Gasteiger partial charge in [-0.15, -0.1) is 0 Å². The van der Waals surface area contributed by atoms with Gasteiger partial charge in [0.05, 0.1) is 25.3 Å². The molecule has 32 heavy (non-hydrogen) atoms. The Labute approximate surface area is 184 Å². The third kappa shape index (κ3) is 5.62. The number of anilines is 1. The molecule has 12 nitrogen and oxygen atoms in total. The van der Waals surface area contributed by atoms with E-state index in [9.17, 15) is 24.6 Å². The minimum atomic E-state index is -1.11. The monoisotopic (exact) mass is 448 g/mol. The Morgan fingerprint density at radius 3 is 2.47 bits per heavy atom. The van der Waals surface area contributed by atoms with E-state index in [0.717, 1.165) is 0 Å². The van der Waals surface area contributed by atoms with Gasteiger partial charge in [-0.1, -0.05) is 20.8 Å². The minimum Gasteiger partial charge on any atom is -0.481 e. The van der Waals surface area contributed by atoms with E-state index >= 15 is 0 Å². The fourth-order valence-electron chi connectivity index (χ4n) is 3.48. The maximum atomic E-state index is 12.3. The van der Waals surface area contributed by atoms with Gasteiger partial charge in [0.1, 0.15) is 12.5 Å². The maximum absolute atomic E-state index is 12.3. The zero-order valence-corrected chi connectivity index (χ0v) is 18.3. The van der Waals surface area contributed by atoms with E-state index in [4.69, 9.17) is 4.74 Å².